The second kappa shape index (κ2) is 14.3. The van der Waals surface area contributed by atoms with Crippen LogP contribution in [0.1, 0.15) is 44.7 Å². The highest BCUT2D eigenvalue weighted by molar-refractivity contribution is 7.92. The number of aryl methyl sites for hydroxylation is 1. The second-order valence-electron chi connectivity index (χ2n) is 9.87. The summed E-state index contributed by atoms with van der Waals surface area (Å²) in [5.41, 5.74) is 2.33. The summed E-state index contributed by atoms with van der Waals surface area (Å²) in [5, 5.41) is 3.39. The van der Waals surface area contributed by atoms with Crippen LogP contribution >= 0.6 is 11.6 Å². The first-order chi connectivity index (χ1) is 19.1. The van der Waals surface area contributed by atoms with Gasteiger partial charge in [0.15, 0.2) is 0 Å². The van der Waals surface area contributed by atoms with E-state index in [1.54, 1.807) is 24.3 Å². The van der Waals surface area contributed by atoms with Gasteiger partial charge in [-0.2, -0.15) is 0 Å². The summed E-state index contributed by atoms with van der Waals surface area (Å²) < 4.78 is 28.8. The molecule has 2 atom stereocenters. The van der Waals surface area contributed by atoms with Gasteiger partial charge in [0.2, 0.25) is 11.8 Å². The minimum Gasteiger partial charge on any atom is -0.352 e. The summed E-state index contributed by atoms with van der Waals surface area (Å²) in [6, 6.07) is 21.7. The van der Waals surface area contributed by atoms with Gasteiger partial charge in [-0.05, 0) is 75.1 Å². The van der Waals surface area contributed by atoms with Crippen molar-refractivity contribution in [2.24, 2.45) is 0 Å². The fraction of sp³-hybridized carbons (Fsp3) is 0.355. The highest BCUT2D eigenvalue weighted by Gasteiger charge is 2.33. The van der Waals surface area contributed by atoms with Gasteiger partial charge in [0.25, 0.3) is 10.0 Å². The van der Waals surface area contributed by atoms with E-state index in [9.17, 15) is 18.0 Å². The van der Waals surface area contributed by atoms with E-state index < -0.39 is 28.5 Å². The number of sulfonamides is 1. The Kier molecular flexibility index (Phi) is 11.2. The molecule has 3 aromatic rings. The number of hydrogen-bond donors (Lipinski definition) is 1. The largest absolute Gasteiger partial charge is 0.352 e. The van der Waals surface area contributed by atoms with Gasteiger partial charge >= 0.3 is 0 Å². The highest BCUT2D eigenvalue weighted by atomic mass is 35.5. The van der Waals surface area contributed by atoms with Crippen molar-refractivity contribution in [3.05, 3.63) is 95.0 Å². The second-order valence-corrected chi connectivity index (χ2v) is 12.2. The van der Waals surface area contributed by atoms with Crippen LogP contribution in [-0.2, 0) is 26.0 Å². The topological polar surface area (TPSA) is 86.8 Å². The average molecular weight is 584 g/mol. The molecule has 0 saturated carbocycles. The molecular weight excluding hydrogens is 546 g/mol. The molecule has 0 fully saturated rings. The van der Waals surface area contributed by atoms with Gasteiger partial charge in [-0.1, -0.05) is 73.5 Å². The summed E-state index contributed by atoms with van der Waals surface area (Å²) in [4.78, 5) is 28.9. The molecule has 0 aliphatic rings. The maximum atomic E-state index is 14.0. The molecule has 0 saturated heterocycles. The molecule has 0 bridgehead atoms. The van der Waals surface area contributed by atoms with Crippen LogP contribution in [0.15, 0.2) is 83.8 Å². The molecule has 3 rings (SSSR count). The maximum Gasteiger partial charge on any atom is 0.264 e. The lowest BCUT2D eigenvalue weighted by Crippen LogP contribution is -2.54. The van der Waals surface area contributed by atoms with Crippen molar-refractivity contribution in [3.63, 3.8) is 0 Å². The Labute approximate surface area is 243 Å². The first kappa shape index (κ1) is 31.2. The number of nitrogens with zero attached hydrogens (tertiary/aromatic N) is 2. The monoisotopic (exact) mass is 583 g/mol. The lowest BCUT2D eigenvalue weighted by atomic mass is 10.1. The third-order valence-electron chi connectivity index (χ3n) is 6.87. The van der Waals surface area contributed by atoms with Crippen molar-refractivity contribution < 1.29 is 18.0 Å². The molecule has 0 aliphatic carbocycles. The fourth-order valence-electron chi connectivity index (χ4n) is 4.31. The number of rotatable bonds is 13. The van der Waals surface area contributed by atoms with Crippen molar-refractivity contribution in [1.82, 2.24) is 10.2 Å². The zero-order valence-corrected chi connectivity index (χ0v) is 25.1. The first-order valence-electron chi connectivity index (χ1n) is 13.6. The molecule has 3 aromatic carbocycles. The lowest BCUT2D eigenvalue weighted by Gasteiger charge is -2.33. The Hall–Kier alpha value is -3.36. The molecule has 1 N–H and O–H groups in total. The number of nitrogens with one attached hydrogen (secondary N) is 1. The smallest absolute Gasteiger partial charge is 0.264 e. The molecule has 0 aromatic heterocycles. The normalized spacial score (nSPS) is 12.8. The van der Waals surface area contributed by atoms with Crippen molar-refractivity contribution in [2.75, 3.05) is 17.4 Å². The minimum absolute atomic E-state index is 0.0164. The van der Waals surface area contributed by atoms with E-state index in [0.717, 1.165) is 21.9 Å². The summed E-state index contributed by atoms with van der Waals surface area (Å²) in [6.07, 6.45) is 1.66. The van der Waals surface area contributed by atoms with E-state index in [4.69, 9.17) is 11.6 Å². The predicted molar refractivity (Wildman–Crippen MR) is 161 cm³/mol. The van der Waals surface area contributed by atoms with Gasteiger partial charge < -0.3 is 10.2 Å². The Morgan fingerprint density at radius 2 is 1.52 bits per heavy atom. The van der Waals surface area contributed by atoms with Crippen LogP contribution in [0.25, 0.3) is 0 Å². The zero-order valence-electron chi connectivity index (χ0n) is 23.5. The molecule has 0 spiro atoms. The molecule has 9 heteroatoms. The number of anilines is 1. The molecule has 0 unspecified atom stereocenters. The van der Waals surface area contributed by atoms with E-state index in [1.165, 1.54) is 29.2 Å². The van der Waals surface area contributed by atoms with E-state index in [1.807, 2.05) is 58.0 Å². The molecule has 0 aliphatic heterocycles. The van der Waals surface area contributed by atoms with Gasteiger partial charge in [-0.15, -0.1) is 0 Å². The van der Waals surface area contributed by atoms with Crippen LogP contribution in [0.5, 0.6) is 0 Å². The van der Waals surface area contributed by atoms with Crippen LogP contribution in [0, 0.1) is 6.92 Å². The first-order valence-corrected chi connectivity index (χ1v) is 15.4. The predicted octanol–water partition coefficient (Wildman–Crippen LogP) is 5.61. The standard InChI is InChI=1S/C31H38ClN3O4S/c1-5-24(4)33-31(37)29(6-2)34(21-20-25-10-8-7-9-11-25)30(36)22-35(27-16-12-23(3)13-17-27)40(38,39)28-18-14-26(32)15-19-28/h7-19,24,29H,5-6,20-22H2,1-4H3,(H,33,37)/t24-,29+/m1/s1. The summed E-state index contributed by atoms with van der Waals surface area (Å²) in [6.45, 7) is 7.45. The van der Waals surface area contributed by atoms with Gasteiger partial charge in [0.05, 0.1) is 10.6 Å². The van der Waals surface area contributed by atoms with Crippen LogP contribution < -0.4 is 9.62 Å². The van der Waals surface area contributed by atoms with Crippen molar-refractivity contribution in [1.29, 1.82) is 0 Å². The average Bonchev–Trinajstić information content (AvgIpc) is 2.95. The van der Waals surface area contributed by atoms with E-state index in [2.05, 4.69) is 5.32 Å². The number of amides is 2. The van der Waals surface area contributed by atoms with Crippen molar-refractivity contribution in [2.45, 2.75) is 63.9 Å². The van der Waals surface area contributed by atoms with Crippen molar-refractivity contribution in [3.8, 4) is 0 Å². The van der Waals surface area contributed by atoms with E-state index in [-0.39, 0.29) is 23.4 Å². The summed E-state index contributed by atoms with van der Waals surface area (Å²) in [5.74, 6) is -0.707. The Balaban J connectivity index is 2.00. The van der Waals surface area contributed by atoms with E-state index >= 15 is 0 Å². The van der Waals surface area contributed by atoms with Crippen LogP contribution in [-0.4, -0.2) is 50.3 Å². The summed E-state index contributed by atoms with van der Waals surface area (Å²) >= 11 is 6.01. The Morgan fingerprint density at radius 3 is 2.10 bits per heavy atom. The van der Waals surface area contributed by atoms with Crippen molar-refractivity contribution >= 4 is 39.1 Å². The Morgan fingerprint density at radius 1 is 0.900 bits per heavy atom. The van der Waals surface area contributed by atoms with Gasteiger partial charge in [0, 0.05) is 17.6 Å². The number of carbonyl (C=O) groups is 2. The number of halogens is 1. The van der Waals surface area contributed by atoms with Gasteiger partial charge in [-0.3, -0.25) is 13.9 Å². The molecule has 40 heavy (non-hydrogen) atoms. The van der Waals surface area contributed by atoms with Crippen LogP contribution in [0.3, 0.4) is 0 Å². The fourth-order valence-corrected chi connectivity index (χ4v) is 5.85. The SMILES string of the molecule is CC[C@@H](C)NC(=O)[C@H](CC)N(CCc1ccccc1)C(=O)CN(c1ccc(C)cc1)S(=O)(=O)c1ccc(Cl)cc1. The quantitative estimate of drug-likeness (QED) is 0.283. The maximum absolute atomic E-state index is 14.0. The summed E-state index contributed by atoms with van der Waals surface area (Å²) in [7, 11) is -4.13. The lowest BCUT2D eigenvalue weighted by molar-refractivity contribution is -0.139. The third-order valence-corrected chi connectivity index (χ3v) is 8.91. The van der Waals surface area contributed by atoms with Gasteiger partial charge in [0.1, 0.15) is 12.6 Å². The number of carbonyl (C=O) groups excluding carboxylic acids is 2. The van der Waals surface area contributed by atoms with Crippen LogP contribution in [0.2, 0.25) is 5.02 Å². The van der Waals surface area contributed by atoms with E-state index in [0.29, 0.717) is 23.6 Å². The van der Waals surface area contributed by atoms with Gasteiger partial charge in [-0.25, -0.2) is 8.42 Å². The molecule has 0 radical (unpaired) electrons. The molecule has 2 amide bonds. The molecular formula is C31H38ClN3O4S. The zero-order chi connectivity index (χ0) is 29.3. The molecule has 0 heterocycles. The minimum atomic E-state index is -4.13. The molecule has 7 nitrogen and oxygen atoms in total. The number of benzene rings is 3. The number of hydrogen-bond acceptors (Lipinski definition) is 4. The Bertz CT molecular complexity index is 1360. The van der Waals surface area contributed by atoms with Crippen LogP contribution in [0.4, 0.5) is 5.69 Å². The molecule has 214 valence electrons. The third kappa shape index (κ3) is 8.08. The highest BCUT2D eigenvalue weighted by Crippen LogP contribution is 2.26.